The van der Waals surface area contributed by atoms with E-state index in [4.69, 9.17) is 0 Å². The summed E-state index contributed by atoms with van der Waals surface area (Å²) in [4.78, 5) is 15.3. The van der Waals surface area contributed by atoms with Crippen molar-refractivity contribution in [3.63, 3.8) is 0 Å². The van der Waals surface area contributed by atoms with E-state index in [1.165, 1.54) is 0 Å². The van der Waals surface area contributed by atoms with Gasteiger partial charge in [-0.3, -0.25) is 4.90 Å². The summed E-state index contributed by atoms with van der Waals surface area (Å²) in [5.74, 6) is 1.06. The highest BCUT2D eigenvalue weighted by Gasteiger charge is 2.32. The Morgan fingerprint density at radius 1 is 1.25 bits per heavy atom. The van der Waals surface area contributed by atoms with Crippen LogP contribution >= 0.6 is 11.8 Å². The topological polar surface area (TPSA) is 67.1 Å². The van der Waals surface area contributed by atoms with Gasteiger partial charge in [-0.2, -0.15) is 0 Å². The van der Waals surface area contributed by atoms with E-state index in [-0.39, 0.29) is 0 Å². The minimum atomic E-state index is -0.631. The smallest absolute Gasteiger partial charge is 0.187 e. The van der Waals surface area contributed by atoms with Crippen LogP contribution in [0, 0.1) is 0 Å². The molecule has 2 aromatic heterocycles. The Hall–Kier alpha value is -1.44. The molecule has 0 aromatic carbocycles. The molecule has 2 aromatic rings. The second kappa shape index (κ2) is 8.09. The monoisotopic (exact) mass is 347 g/mol. The number of aromatic nitrogens is 4. The lowest BCUT2D eigenvalue weighted by atomic mass is 9.91. The first-order chi connectivity index (χ1) is 11.7. The summed E-state index contributed by atoms with van der Waals surface area (Å²) in [7, 11) is 0. The third kappa shape index (κ3) is 4.78. The number of hydrogen-bond acceptors (Lipinski definition) is 6. The zero-order chi connectivity index (χ0) is 16.8. The lowest BCUT2D eigenvalue weighted by Crippen LogP contribution is -2.46. The summed E-state index contributed by atoms with van der Waals surface area (Å²) in [6, 6.07) is 0. The normalized spacial score (nSPS) is 17.9. The average molecular weight is 347 g/mol. The maximum atomic E-state index is 10.7. The largest absolute Gasteiger partial charge is 0.388 e. The number of imidazole rings is 1. The van der Waals surface area contributed by atoms with Crippen LogP contribution in [0.25, 0.3) is 0 Å². The van der Waals surface area contributed by atoms with Gasteiger partial charge in [0.15, 0.2) is 5.16 Å². The number of hydrogen-bond donors (Lipinski definition) is 1. The molecule has 1 fully saturated rings. The fourth-order valence-corrected chi connectivity index (χ4v) is 3.60. The first kappa shape index (κ1) is 17.4. The molecule has 0 unspecified atom stereocenters. The molecule has 0 aliphatic carbocycles. The van der Waals surface area contributed by atoms with Crippen molar-refractivity contribution in [1.82, 2.24) is 24.4 Å². The molecule has 1 saturated heterocycles. The molecule has 6 nitrogen and oxygen atoms in total. The number of rotatable bonds is 7. The van der Waals surface area contributed by atoms with E-state index in [0.717, 1.165) is 55.4 Å². The van der Waals surface area contributed by atoms with Gasteiger partial charge in [0, 0.05) is 55.7 Å². The lowest BCUT2D eigenvalue weighted by Gasteiger charge is -2.38. The minimum absolute atomic E-state index is 0.618. The standard InChI is InChI=1S/C17H25N5OS/c1-2-9-24-16-19-10-15(11-20-16)12-21-6-3-17(23,4-7-21)13-22-8-5-18-14-22/h5,8,10-11,14,23H,2-4,6-7,9,12-13H2,1H3. The molecule has 1 N–H and O–H groups in total. The van der Waals surface area contributed by atoms with Crippen molar-refractivity contribution in [2.24, 2.45) is 0 Å². The summed E-state index contributed by atoms with van der Waals surface area (Å²) in [6.07, 6.45) is 12.0. The van der Waals surface area contributed by atoms with Crippen molar-refractivity contribution in [2.45, 2.75) is 50.0 Å². The van der Waals surface area contributed by atoms with Gasteiger partial charge in [-0.25, -0.2) is 15.0 Å². The highest BCUT2D eigenvalue weighted by molar-refractivity contribution is 7.99. The van der Waals surface area contributed by atoms with Crippen LogP contribution in [0.2, 0.25) is 0 Å². The van der Waals surface area contributed by atoms with Gasteiger partial charge in [0.05, 0.1) is 18.5 Å². The second-order valence-electron chi connectivity index (χ2n) is 6.46. The Balaban J connectivity index is 1.48. The summed E-state index contributed by atoms with van der Waals surface area (Å²) < 4.78 is 1.95. The molecule has 0 atom stereocenters. The third-order valence-corrected chi connectivity index (χ3v) is 5.43. The van der Waals surface area contributed by atoms with Gasteiger partial charge >= 0.3 is 0 Å². The molecule has 0 bridgehead atoms. The maximum Gasteiger partial charge on any atom is 0.187 e. The molecule has 24 heavy (non-hydrogen) atoms. The average Bonchev–Trinajstić information content (AvgIpc) is 3.09. The SMILES string of the molecule is CCCSc1ncc(CN2CCC(O)(Cn3ccnc3)CC2)cn1. The van der Waals surface area contributed by atoms with Crippen LogP contribution < -0.4 is 0 Å². The molecule has 0 saturated carbocycles. The van der Waals surface area contributed by atoms with Crippen molar-refractivity contribution in [3.8, 4) is 0 Å². The summed E-state index contributed by atoms with van der Waals surface area (Å²) in [5.41, 5.74) is 0.504. The van der Waals surface area contributed by atoms with Crippen LogP contribution in [-0.4, -0.2) is 54.0 Å². The molecule has 1 aliphatic heterocycles. The summed E-state index contributed by atoms with van der Waals surface area (Å²) in [6.45, 7) is 5.40. The van der Waals surface area contributed by atoms with E-state index in [9.17, 15) is 5.11 Å². The molecule has 3 heterocycles. The first-order valence-electron chi connectivity index (χ1n) is 8.51. The first-order valence-corrected chi connectivity index (χ1v) is 9.50. The number of nitrogens with zero attached hydrogens (tertiary/aromatic N) is 5. The quantitative estimate of drug-likeness (QED) is 0.612. The van der Waals surface area contributed by atoms with E-state index in [1.807, 2.05) is 23.2 Å². The zero-order valence-electron chi connectivity index (χ0n) is 14.1. The number of thioether (sulfide) groups is 1. The molecule has 7 heteroatoms. The van der Waals surface area contributed by atoms with Gasteiger partial charge in [0.2, 0.25) is 0 Å². The van der Waals surface area contributed by atoms with Crippen LogP contribution in [0.3, 0.4) is 0 Å². The Morgan fingerprint density at radius 2 is 2.00 bits per heavy atom. The van der Waals surface area contributed by atoms with Crippen molar-refractivity contribution >= 4 is 11.8 Å². The zero-order valence-corrected chi connectivity index (χ0v) is 15.0. The molecule has 0 radical (unpaired) electrons. The molecule has 0 spiro atoms. The third-order valence-electron chi connectivity index (χ3n) is 4.35. The highest BCUT2D eigenvalue weighted by atomic mass is 32.2. The minimum Gasteiger partial charge on any atom is -0.388 e. The van der Waals surface area contributed by atoms with Crippen molar-refractivity contribution < 1.29 is 5.11 Å². The molecule has 0 amide bonds. The molecule has 1 aliphatic rings. The predicted molar refractivity (Wildman–Crippen MR) is 94.7 cm³/mol. The highest BCUT2D eigenvalue weighted by Crippen LogP contribution is 2.25. The fraction of sp³-hybridized carbons (Fsp3) is 0.588. The summed E-state index contributed by atoms with van der Waals surface area (Å²) in [5, 5.41) is 11.6. The Morgan fingerprint density at radius 3 is 2.62 bits per heavy atom. The van der Waals surface area contributed by atoms with E-state index in [0.29, 0.717) is 6.54 Å². The van der Waals surface area contributed by atoms with Gasteiger partial charge in [0.1, 0.15) is 0 Å². The number of aliphatic hydroxyl groups is 1. The van der Waals surface area contributed by atoms with Crippen molar-refractivity contribution in [3.05, 3.63) is 36.7 Å². The van der Waals surface area contributed by atoms with Gasteiger partial charge in [-0.15, -0.1) is 0 Å². The van der Waals surface area contributed by atoms with Crippen LogP contribution in [-0.2, 0) is 13.1 Å². The van der Waals surface area contributed by atoms with Crippen LogP contribution in [0.15, 0.2) is 36.3 Å². The Kier molecular flexibility index (Phi) is 5.86. The van der Waals surface area contributed by atoms with E-state index < -0.39 is 5.60 Å². The molecular weight excluding hydrogens is 322 g/mol. The van der Waals surface area contributed by atoms with E-state index in [2.05, 4.69) is 26.8 Å². The fourth-order valence-electron chi connectivity index (χ4n) is 2.96. The van der Waals surface area contributed by atoms with Crippen LogP contribution in [0.4, 0.5) is 0 Å². The summed E-state index contributed by atoms with van der Waals surface area (Å²) >= 11 is 1.70. The number of piperidine rings is 1. The van der Waals surface area contributed by atoms with Gasteiger partial charge in [-0.1, -0.05) is 18.7 Å². The van der Waals surface area contributed by atoms with E-state index in [1.54, 1.807) is 24.3 Å². The Labute approximate surface area is 147 Å². The van der Waals surface area contributed by atoms with Gasteiger partial charge in [0.25, 0.3) is 0 Å². The Bertz CT molecular complexity index is 608. The predicted octanol–water partition coefficient (Wildman–Crippen LogP) is 2.20. The van der Waals surface area contributed by atoms with Crippen molar-refractivity contribution in [1.29, 1.82) is 0 Å². The van der Waals surface area contributed by atoms with Gasteiger partial charge in [-0.05, 0) is 19.3 Å². The van der Waals surface area contributed by atoms with Crippen LogP contribution in [0.1, 0.15) is 31.7 Å². The lowest BCUT2D eigenvalue weighted by molar-refractivity contribution is -0.0358. The second-order valence-corrected chi connectivity index (χ2v) is 7.52. The molecule has 130 valence electrons. The van der Waals surface area contributed by atoms with Crippen molar-refractivity contribution in [2.75, 3.05) is 18.8 Å². The maximum absolute atomic E-state index is 10.7. The van der Waals surface area contributed by atoms with Gasteiger partial charge < -0.3 is 9.67 Å². The van der Waals surface area contributed by atoms with E-state index >= 15 is 0 Å². The number of likely N-dealkylation sites (tertiary alicyclic amines) is 1. The molecule has 3 rings (SSSR count). The van der Waals surface area contributed by atoms with Crippen LogP contribution in [0.5, 0.6) is 0 Å². The molecular formula is C17H25N5OS.